The lowest BCUT2D eigenvalue weighted by molar-refractivity contribution is 0.0977. The van der Waals surface area contributed by atoms with Crippen LogP contribution >= 0.6 is 12.2 Å². The van der Waals surface area contributed by atoms with E-state index in [2.05, 4.69) is 31.4 Å². The molecule has 1 unspecified atom stereocenters. The van der Waals surface area contributed by atoms with Crippen molar-refractivity contribution >= 4 is 38.9 Å². The van der Waals surface area contributed by atoms with E-state index in [1.165, 1.54) is 24.3 Å². The van der Waals surface area contributed by atoms with Crippen LogP contribution < -0.4 is 10.6 Å². The zero-order chi connectivity index (χ0) is 19.5. The molecule has 1 amide bonds. The normalized spacial score (nSPS) is 13.5. The average Bonchev–Trinajstić information content (AvgIpc) is 2.53. The van der Waals surface area contributed by atoms with Crippen LogP contribution in [-0.4, -0.2) is 19.8 Å². The lowest BCUT2D eigenvalue weighted by atomic mass is 9.87. The van der Waals surface area contributed by atoms with Crippen LogP contribution in [0.25, 0.3) is 0 Å². The maximum Gasteiger partial charge on any atom is 0.257 e. The molecule has 4 N–H and O–H groups in total. The molecule has 0 radical (unpaired) electrons. The smallest absolute Gasteiger partial charge is 0.257 e. The van der Waals surface area contributed by atoms with Crippen molar-refractivity contribution in [2.45, 2.75) is 31.1 Å². The zero-order valence-corrected chi connectivity index (χ0v) is 16.3. The van der Waals surface area contributed by atoms with E-state index >= 15 is 0 Å². The second-order valence-electron chi connectivity index (χ2n) is 6.79. The highest BCUT2D eigenvalue weighted by molar-refractivity contribution is 7.86. The van der Waals surface area contributed by atoms with Gasteiger partial charge in [-0.3, -0.25) is 14.7 Å². The number of carbonyl (C=O) groups is 1. The van der Waals surface area contributed by atoms with E-state index in [0.29, 0.717) is 11.3 Å². The van der Waals surface area contributed by atoms with Crippen molar-refractivity contribution < 1.29 is 13.6 Å². The number of hydrogen-bond acceptors (Lipinski definition) is 4. The summed E-state index contributed by atoms with van der Waals surface area (Å²) in [5, 5.41) is 5.52. The summed E-state index contributed by atoms with van der Waals surface area (Å²) in [4.78, 5) is 12.3. The highest BCUT2D eigenvalue weighted by Crippen LogP contribution is 2.22. The number of amides is 1. The molecule has 138 valence electrons. The highest BCUT2D eigenvalue weighted by Gasteiger charge is 2.15. The quantitative estimate of drug-likeness (QED) is 0.593. The molecule has 2 aromatic rings. The molecule has 0 fully saturated rings. The SMILES string of the molecule is CC(C)(C)c1ccc(C(=O)NC(=S)Nc2ccc(S(=N)(=O)O)cc2)cc1. The van der Waals surface area contributed by atoms with Gasteiger partial charge in [-0.05, 0) is 59.6 Å². The molecular formula is C18H21N3O3S2. The number of nitrogens with one attached hydrogen (secondary N) is 3. The summed E-state index contributed by atoms with van der Waals surface area (Å²) in [6, 6.07) is 13.1. The molecule has 6 nitrogen and oxygen atoms in total. The topological polar surface area (TPSA) is 102 Å². The maximum atomic E-state index is 12.3. The van der Waals surface area contributed by atoms with E-state index < -0.39 is 10.0 Å². The predicted molar refractivity (Wildman–Crippen MR) is 107 cm³/mol. The second kappa shape index (κ2) is 7.53. The van der Waals surface area contributed by atoms with E-state index in [-0.39, 0.29) is 21.3 Å². The van der Waals surface area contributed by atoms with Gasteiger partial charge in [-0.2, -0.15) is 0 Å². The Bertz CT molecular complexity index is 914. The van der Waals surface area contributed by atoms with Crippen molar-refractivity contribution in [2.75, 3.05) is 5.32 Å². The highest BCUT2D eigenvalue weighted by atomic mass is 32.2. The van der Waals surface area contributed by atoms with Crippen molar-refractivity contribution in [3.63, 3.8) is 0 Å². The Morgan fingerprint density at radius 3 is 2.08 bits per heavy atom. The van der Waals surface area contributed by atoms with E-state index in [9.17, 15) is 9.00 Å². The van der Waals surface area contributed by atoms with Crippen LogP contribution in [0.5, 0.6) is 0 Å². The Hall–Kier alpha value is -2.29. The third kappa shape index (κ3) is 5.35. The van der Waals surface area contributed by atoms with Crippen LogP contribution in [0.1, 0.15) is 36.7 Å². The second-order valence-corrected chi connectivity index (χ2v) is 8.72. The molecule has 0 aliphatic heterocycles. The summed E-state index contributed by atoms with van der Waals surface area (Å²) in [6.07, 6.45) is 0. The fourth-order valence-corrected chi connectivity index (χ4v) is 2.90. The molecule has 0 saturated carbocycles. The van der Waals surface area contributed by atoms with Crippen molar-refractivity contribution in [3.05, 3.63) is 59.7 Å². The summed E-state index contributed by atoms with van der Waals surface area (Å²) in [5.74, 6) is -0.330. The minimum atomic E-state index is -3.75. The van der Waals surface area contributed by atoms with Gasteiger partial charge in [-0.15, -0.1) is 0 Å². The summed E-state index contributed by atoms with van der Waals surface area (Å²) >= 11 is 5.12. The molecule has 0 aromatic heterocycles. The first kappa shape index (κ1) is 20.0. The van der Waals surface area contributed by atoms with Gasteiger partial charge in [0.25, 0.3) is 5.91 Å². The molecule has 2 rings (SSSR count). The van der Waals surface area contributed by atoms with Crippen LogP contribution in [0.15, 0.2) is 53.4 Å². The Labute approximate surface area is 158 Å². The van der Waals surface area contributed by atoms with Crippen LogP contribution in [0.3, 0.4) is 0 Å². The first-order valence-electron chi connectivity index (χ1n) is 7.81. The summed E-state index contributed by atoms with van der Waals surface area (Å²) < 4.78 is 27.5. The minimum Gasteiger partial charge on any atom is -0.332 e. The first-order valence-corrected chi connectivity index (χ1v) is 9.73. The van der Waals surface area contributed by atoms with Crippen LogP contribution in [-0.2, 0) is 15.4 Å². The van der Waals surface area contributed by atoms with Gasteiger partial charge >= 0.3 is 0 Å². The molecule has 8 heteroatoms. The number of rotatable bonds is 3. The molecule has 2 aromatic carbocycles. The summed E-state index contributed by atoms with van der Waals surface area (Å²) in [5.41, 5.74) is 2.16. The third-order valence-corrected chi connectivity index (χ3v) is 4.79. The molecule has 1 atom stereocenters. The molecule has 0 bridgehead atoms. The number of thiocarbonyl (C=S) groups is 1. The monoisotopic (exact) mass is 391 g/mol. The fourth-order valence-electron chi connectivity index (χ4n) is 2.18. The average molecular weight is 392 g/mol. The first-order chi connectivity index (χ1) is 12.0. The molecule has 0 saturated heterocycles. The molecule has 0 aliphatic carbocycles. The van der Waals surface area contributed by atoms with Gasteiger partial charge in [0.2, 0.25) is 0 Å². The van der Waals surface area contributed by atoms with E-state index in [0.717, 1.165) is 5.56 Å². The van der Waals surface area contributed by atoms with Crippen LogP contribution in [0.2, 0.25) is 0 Å². The lowest BCUT2D eigenvalue weighted by Crippen LogP contribution is -2.34. The van der Waals surface area contributed by atoms with Crippen molar-refractivity contribution in [1.82, 2.24) is 5.32 Å². The number of carbonyl (C=O) groups excluding carboxylic acids is 1. The Kier molecular flexibility index (Phi) is 5.80. The molecule has 26 heavy (non-hydrogen) atoms. The molecular weight excluding hydrogens is 370 g/mol. The number of hydrogen-bond donors (Lipinski definition) is 4. The zero-order valence-electron chi connectivity index (χ0n) is 14.7. The standard InChI is InChI=1S/C18H21N3O3S2/c1-18(2,3)13-6-4-12(5-7-13)16(22)21-17(25)20-14-8-10-15(11-9-14)26(19,23)24/h4-11H,1-3H3,(H2,19,23,24)(H2,20,21,22,25). The van der Waals surface area contributed by atoms with Gasteiger partial charge < -0.3 is 5.32 Å². The van der Waals surface area contributed by atoms with E-state index in [4.69, 9.17) is 21.6 Å². The third-order valence-electron chi connectivity index (χ3n) is 3.67. The van der Waals surface area contributed by atoms with E-state index in [1.54, 1.807) is 12.1 Å². The van der Waals surface area contributed by atoms with Gasteiger partial charge in [0.15, 0.2) is 15.1 Å². The number of benzene rings is 2. The molecule has 0 aliphatic rings. The van der Waals surface area contributed by atoms with Gasteiger partial charge in [0, 0.05) is 11.3 Å². The molecule has 0 spiro atoms. The number of anilines is 1. The van der Waals surface area contributed by atoms with Gasteiger partial charge in [-0.1, -0.05) is 32.9 Å². The molecule has 0 heterocycles. The largest absolute Gasteiger partial charge is 0.332 e. The summed E-state index contributed by atoms with van der Waals surface area (Å²) in [7, 11) is -3.75. The van der Waals surface area contributed by atoms with E-state index in [1.807, 2.05) is 12.1 Å². The minimum absolute atomic E-state index is 0.00283. The Morgan fingerprint density at radius 1 is 1.08 bits per heavy atom. The van der Waals surface area contributed by atoms with Crippen LogP contribution in [0.4, 0.5) is 5.69 Å². The Morgan fingerprint density at radius 2 is 1.62 bits per heavy atom. The van der Waals surface area contributed by atoms with Crippen molar-refractivity contribution in [3.8, 4) is 0 Å². The lowest BCUT2D eigenvalue weighted by Gasteiger charge is -2.19. The van der Waals surface area contributed by atoms with Gasteiger partial charge in [0.1, 0.15) is 0 Å². The van der Waals surface area contributed by atoms with Crippen LogP contribution in [0, 0.1) is 4.78 Å². The van der Waals surface area contributed by atoms with Gasteiger partial charge in [0.05, 0.1) is 4.90 Å². The maximum absolute atomic E-state index is 12.3. The van der Waals surface area contributed by atoms with Crippen molar-refractivity contribution in [2.24, 2.45) is 0 Å². The van der Waals surface area contributed by atoms with Gasteiger partial charge in [-0.25, -0.2) is 8.99 Å². The Balaban J connectivity index is 2.00. The fraction of sp³-hybridized carbons (Fsp3) is 0.222. The van der Waals surface area contributed by atoms with Crippen molar-refractivity contribution in [1.29, 1.82) is 4.78 Å². The predicted octanol–water partition coefficient (Wildman–Crippen LogP) is 3.99. The summed E-state index contributed by atoms with van der Waals surface area (Å²) in [6.45, 7) is 6.30.